The van der Waals surface area contributed by atoms with Gasteiger partial charge in [-0.05, 0) is 36.2 Å². The summed E-state index contributed by atoms with van der Waals surface area (Å²) >= 11 is 0. The number of carbonyl (C=O) groups excluding carboxylic acids is 1. The minimum Gasteiger partial charge on any atom is -0.320 e. The number of anilines is 1. The molecule has 0 aliphatic rings. The Morgan fingerprint density at radius 3 is 2.31 bits per heavy atom. The molecule has 4 aromatic rings. The zero-order chi connectivity index (χ0) is 22.9. The first-order chi connectivity index (χ1) is 15.2. The second kappa shape index (κ2) is 8.25. The van der Waals surface area contributed by atoms with E-state index in [1.165, 1.54) is 23.1 Å². The van der Waals surface area contributed by atoms with Crippen molar-refractivity contribution in [2.75, 3.05) is 5.32 Å². The Hall–Kier alpha value is -4.02. The Kier molecular flexibility index (Phi) is 5.47. The molecule has 0 unspecified atom stereocenters. The van der Waals surface area contributed by atoms with Crippen LogP contribution in [0.3, 0.4) is 0 Å². The van der Waals surface area contributed by atoms with Crippen molar-refractivity contribution >= 4 is 11.6 Å². The molecule has 4 aromatic heterocycles. The van der Waals surface area contributed by atoms with E-state index in [4.69, 9.17) is 0 Å². The Balaban J connectivity index is 1.58. The maximum atomic E-state index is 12.9. The van der Waals surface area contributed by atoms with Gasteiger partial charge >= 0.3 is 6.18 Å². The van der Waals surface area contributed by atoms with Crippen molar-refractivity contribution in [3.8, 4) is 11.6 Å². The summed E-state index contributed by atoms with van der Waals surface area (Å²) in [6, 6.07) is 7.33. The van der Waals surface area contributed by atoms with E-state index in [-0.39, 0.29) is 17.3 Å². The van der Waals surface area contributed by atoms with Gasteiger partial charge in [0.05, 0.1) is 34.9 Å². The highest BCUT2D eigenvalue weighted by atomic mass is 19.4. The van der Waals surface area contributed by atoms with Gasteiger partial charge < -0.3 is 5.32 Å². The molecule has 0 atom stereocenters. The number of hydrogen-bond donors (Lipinski definition) is 1. The van der Waals surface area contributed by atoms with Crippen LogP contribution in [0.4, 0.5) is 18.9 Å². The highest BCUT2D eigenvalue weighted by Crippen LogP contribution is 2.29. The van der Waals surface area contributed by atoms with Crippen LogP contribution >= 0.6 is 0 Å². The van der Waals surface area contributed by atoms with Gasteiger partial charge in [-0.1, -0.05) is 13.8 Å². The van der Waals surface area contributed by atoms with Crippen LogP contribution < -0.4 is 5.32 Å². The number of aromatic nitrogens is 6. The highest BCUT2D eigenvalue weighted by Gasteiger charge is 2.31. The molecule has 0 bridgehead atoms. The lowest BCUT2D eigenvalue weighted by atomic mass is 10.1. The van der Waals surface area contributed by atoms with Gasteiger partial charge in [0, 0.05) is 18.6 Å². The van der Waals surface area contributed by atoms with Crippen molar-refractivity contribution in [1.82, 2.24) is 29.5 Å². The summed E-state index contributed by atoms with van der Waals surface area (Å²) in [4.78, 5) is 21.1. The molecule has 0 aliphatic heterocycles. The Morgan fingerprint density at radius 1 is 1.00 bits per heavy atom. The van der Waals surface area contributed by atoms with Gasteiger partial charge in [-0.15, -0.1) is 0 Å². The quantitative estimate of drug-likeness (QED) is 0.500. The van der Waals surface area contributed by atoms with Crippen molar-refractivity contribution in [2.45, 2.75) is 25.9 Å². The normalized spacial score (nSPS) is 11.7. The second-order valence-electron chi connectivity index (χ2n) is 7.22. The fourth-order valence-electron chi connectivity index (χ4n) is 3.15. The fraction of sp³-hybridized carbons (Fsp3) is 0.190. The molecule has 0 radical (unpaired) electrons. The number of nitrogens with zero attached hydrogens (tertiary/aromatic N) is 6. The number of carbonyl (C=O) groups is 1. The summed E-state index contributed by atoms with van der Waals surface area (Å²) in [7, 11) is 0. The van der Waals surface area contributed by atoms with Crippen LogP contribution in [0.25, 0.3) is 11.6 Å². The van der Waals surface area contributed by atoms with E-state index in [1.54, 1.807) is 35.3 Å². The SMILES string of the molecule is CC(C)c1c(C(=O)Nc2ccc(-n3cccn3)nc2)cnn1-c1ccc(C(F)(F)F)cn1. The van der Waals surface area contributed by atoms with Gasteiger partial charge in [-0.2, -0.15) is 23.4 Å². The smallest absolute Gasteiger partial charge is 0.320 e. The van der Waals surface area contributed by atoms with Crippen LogP contribution in [-0.2, 0) is 6.18 Å². The van der Waals surface area contributed by atoms with Crippen molar-refractivity contribution in [1.29, 1.82) is 0 Å². The molecule has 164 valence electrons. The summed E-state index contributed by atoms with van der Waals surface area (Å²) in [6.45, 7) is 3.71. The van der Waals surface area contributed by atoms with Crippen LogP contribution in [0.2, 0.25) is 0 Å². The lowest BCUT2D eigenvalue weighted by molar-refractivity contribution is -0.137. The molecule has 1 N–H and O–H groups in total. The topological polar surface area (TPSA) is 90.5 Å². The molecule has 0 spiro atoms. The van der Waals surface area contributed by atoms with Gasteiger partial charge in [0.25, 0.3) is 5.91 Å². The summed E-state index contributed by atoms with van der Waals surface area (Å²) in [5.74, 6) is 0.214. The first-order valence-corrected chi connectivity index (χ1v) is 9.63. The minimum absolute atomic E-state index is 0.150. The third-order valence-electron chi connectivity index (χ3n) is 4.64. The average Bonchev–Trinajstić information content (AvgIpc) is 3.44. The van der Waals surface area contributed by atoms with E-state index in [0.29, 0.717) is 17.2 Å². The Labute approximate surface area is 180 Å². The minimum atomic E-state index is -4.48. The molecule has 0 aromatic carbocycles. The van der Waals surface area contributed by atoms with Crippen molar-refractivity contribution in [3.63, 3.8) is 0 Å². The maximum Gasteiger partial charge on any atom is 0.417 e. The molecule has 0 aliphatic carbocycles. The van der Waals surface area contributed by atoms with Crippen LogP contribution in [-0.4, -0.2) is 35.4 Å². The summed E-state index contributed by atoms with van der Waals surface area (Å²) in [5, 5.41) is 11.1. The second-order valence-corrected chi connectivity index (χ2v) is 7.22. The average molecular weight is 441 g/mol. The van der Waals surface area contributed by atoms with E-state index >= 15 is 0 Å². The third kappa shape index (κ3) is 4.22. The largest absolute Gasteiger partial charge is 0.417 e. The van der Waals surface area contributed by atoms with Gasteiger partial charge in [0.2, 0.25) is 0 Å². The van der Waals surface area contributed by atoms with E-state index in [1.807, 2.05) is 13.8 Å². The summed E-state index contributed by atoms with van der Waals surface area (Å²) in [6.07, 6.45) is 2.52. The molecule has 0 fully saturated rings. The molecule has 4 rings (SSSR count). The van der Waals surface area contributed by atoms with Gasteiger partial charge in [0.15, 0.2) is 11.6 Å². The molecule has 11 heteroatoms. The van der Waals surface area contributed by atoms with Gasteiger partial charge in [-0.3, -0.25) is 4.79 Å². The molecular formula is C21H18F3N7O. The number of alkyl halides is 3. The standard InChI is InChI=1S/C21H18F3N7O/c1-13(2)19-16(12-28-31(19)18-6-4-14(10-25-18)21(22,23)24)20(32)29-15-5-7-17(26-11-15)30-9-3-8-27-30/h3-13H,1-2H3,(H,29,32). The van der Waals surface area contributed by atoms with E-state index in [0.717, 1.165) is 12.3 Å². The third-order valence-corrected chi connectivity index (χ3v) is 4.64. The summed E-state index contributed by atoms with van der Waals surface area (Å²) < 4.78 is 41.4. The first kappa shape index (κ1) is 21.2. The van der Waals surface area contributed by atoms with E-state index in [9.17, 15) is 18.0 Å². The molecule has 8 nitrogen and oxygen atoms in total. The number of nitrogens with one attached hydrogen (secondary N) is 1. The number of rotatable bonds is 5. The molecule has 0 saturated heterocycles. The lowest BCUT2D eigenvalue weighted by Crippen LogP contribution is -2.16. The predicted octanol–water partition coefficient (Wildman–Crippen LogP) is 4.24. The molecule has 0 saturated carbocycles. The number of amides is 1. The fourth-order valence-corrected chi connectivity index (χ4v) is 3.15. The number of pyridine rings is 2. The van der Waals surface area contributed by atoms with Crippen LogP contribution in [0.5, 0.6) is 0 Å². The Bertz CT molecular complexity index is 1210. The number of halogens is 3. The van der Waals surface area contributed by atoms with Crippen molar-refractivity contribution < 1.29 is 18.0 Å². The molecule has 4 heterocycles. The van der Waals surface area contributed by atoms with Crippen molar-refractivity contribution in [2.24, 2.45) is 0 Å². The zero-order valence-corrected chi connectivity index (χ0v) is 17.1. The van der Waals surface area contributed by atoms with Crippen LogP contribution in [0.15, 0.2) is 61.3 Å². The lowest BCUT2D eigenvalue weighted by Gasteiger charge is -2.13. The van der Waals surface area contributed by atoms with E-state index < -0.39 is 17.6 Å². The van der Waals surface area contributed by atoms with Crippen LogP contribution in [0.1, 0.15) is 41.4 Å². The predicted molar refractivity (Wildman–Crippen MR) is 110 cm³/mol. The van der Waals surface area contributed by atoms with Crippen LogP contribution in [0, 0.1) is 0 Å². The zero-order valence-electron chi connectivity index (χ0n) is 17.1. The molecule has 1 amide bonds. The Morgan fingerprint density at radius 2 is 1.75 bits per heavy atom. The number of hydrogen-bond acceptors (Lipinski definition) is 5. The van der Waals surface area contributed by atoms with E-state index in [2.05, 4.69) is 25.5 Å². The molecular weight excluding hydrogens is 423 g/mol. The first-order valence-electron chi connectivity index (χ1n) is 9.63. The molecule has 32 heavy (non-hydrogen) atoms. The monoisotopic (exact) mass is 441 g/mol. The highest BCUT2D eigenvalue weighted by molar-refractivity contribution is 6.05. The van der Waals surface area contributed by atoms with Crippen molar-refractivity contribution in [3.05, 3.63) is 78.1 Å². The summed E-state index contributed by atoms with van der Waals surface area (Å²) in [5.41, 5.74) is 0.429. The van der Waals surface area contributed by atoms with Gasteiger partial charge in [-0.25, -0.2) is 19.3 Å². The van der Waals surface area contributed by atoms with Gasteiger partial charge in [0.1, 0.15) is 0 Å². The maximum absolute atomic E-state index is 12.9.